The standard InChI is InChI=1S/C17H11F4NO2/c18-13-7-3-5-9-11(8-14(23)24)15(22-16(9)13)10-4-1-2-6-12(10)17(19,20)21/h1-7,22H,8H2,(H,23,24). The Hall–Kier alpha value is -2.83. The van der Waals surface area contributed by atoms with Gasteiger partial charge in [-0.05, 0) is 17.7 Å². The summed E-state index contributed by atoms with van der Waals surface area (Å²) >= 11 is 0. The Morgan fingerprint density at radius 3 is 2.46 bits per heavy atom. The number of aromatic amines is 1. The first-order valence-electron chi connectivity index (χ1n) is 6.96. The van der Waals surface area contributed by atoms with E-state index in [4.69, 9.17) is 5.11 Å². The minimum absolute atomic E-state index is 0.0132. The van der Waals surface area contributed by atoms with E-state index < -0.39 is 29.9 Å². The van der Waals surface area contributed by atoms with Gasteiger partial charge >= 0.3 is 12.1 Å². The van der Waals surface area contributed by atoms with Gasteiger partial charge in [-0.3, -0.25) is 4.79 Å². The van der Waals surface area contributed by atoms with Crippen molar-refractivity contribution in [1.82, 2.24) is 4.98 Å². The average Bonchev–Trinajstić information content (AvgIpc) is 2.86. The SMILES string of the molecule is O=C(O)Cc1c(-c2ccccc2C(F)(F)F)[nH]c2c(F)cccc12. The highest BCUT2D eigenvalue weighted by Gasteiger charge is 2.34. The number of H-pyrrole nitrogens is 1. The Kier molecular flexibility index (Phi) is 3.79. The molecule has 3 rings (SSSR count). The van der Waals surface area contributed by atoms with Crippen LogP contribution in [-0.2, 0) is 17.4 Å². The minimum Gasteiger partial charge on any atom is -0.481 e. The first-order valence-corrected chi connectivity index (χ1v) is 6.96. The number of rotatable bonds is 3. The number of fused-ring (bicyclic) bond motifs is 1. The first-order chi connectivity index (χ1) is 11.3. The molecule has 0 saturated carbocycles. The van der Waals surface area contributed by atoms with Gasteiger partial charge in [0.1, 0.15) is 5.82 Å². The molecule has 0 aliphatic heterocycles. The summed E-state index contributed by atoms with van der Waals surface area (Å²) in [6.07, 6.45) is -5.14. The van der Waals surface area contributed by atoms with E-state index in [-0.39, 0.29) is 27.7 Å². The van der Waals surface area contributed by atoms with Gasteiger partial charge in [0, 0.05) is 10.9 Å². The van der Waals surface area contributed by atoms with Gasteiger partial charge in [-0.25, -0.2) is 4.39 Å². The lowest BCUT2D eigenvalue weighted by atomic mass is 9.98. The smallest absolute Gasteiger partial charge is 0.417 e. The fraction of sp³-hybridized carbons (Fsp3) is 0.118. The van der Waals surface area contributed by atoms with Crippen molar-refractivity contribution < 1.29 is 27.5 Å². The summed E-state index contributed by atoms with van der Waals surface area (Å²) in [5.74, 6) is -1.87. The second-order valence-electron chi connectivity index (χ2n) is 5.25. The summed E-state index contributed by atoms with van der Waals surface area (Å²) in [6.45, 7) is 0. The fourth-order valence-corrected chi connectivity index (χ4v) is 2.75. The number of aromatic nitrogens is 1. The monoisotopic (exact) mass is 337 g/mol. The van der Waals surface area contributed by atoms with E-state index >= 15 is 0 Å². The van der Waals surface area contributed by atoms with Gasteiger partial charge in [-0.1, -0.05) is 30.3 Å². The van der Waals surface area contributed by atoms with E-state index in [0.717, 1.165) is 12.1 Å². The third-order valence-corrected chi connectivity index (χ3v) is 3.72. The Morgan fingerprint density at radius 1 is 1.08 bits per heavy atom. The maximum Gasteiger partial charge on any atom is 0.417 e. The summed E-state index contributed by atoms with van der Waals surface area (Å²) in [7, 11) is 0. The van der Waals surface area contributed by atoms with Crippen LogP contribution >= 0.6 is 0 Å². The second kappa shape index (κ2) is 5.67. The highest BCUT2D eigenvalue weighted by molar-refractivity contribution is 5.94. The second-order valence-corrected chi connectivity index (χ2v) is 5.25. The van der Waals surface area contributed by atoms with Crippen LogP contribution in [0.2, 0.25) is 0 Å². The maximum absolute atomic E-state index is 14.0. The molecule has 0 aliphatic carbocycles. The van der Waals surface area contributed by atoms with Crippen molar-refractivity contribution in [2.24, 2.45) is 0 Å². The third kappa shape index (κ3) is 2.73. The molecule has 1 aromatic heterocycles. The molecule has 0 bridgehead atoms. The topological polar surface area (TPSA) is 53.1 Å². The summed E-state index contributed by atoms with van der Waals surface area (Å²) in [4.78, 5) is 13.8. The molecule has 0 amide bonds. The first kappa shape index (κ1) is 16.0. The van der Waals surface area contributed by atoms with Crippen LogP contribution in [0.4, 0.5) is 17.6 Å². The normalized spacial score (nSPS) is 11.8. The largest absolute Gasteiger partial charge is 0.481 e. The number of halogens is 4. The highest BCUT2D eigenvalue weighted by Crippen LogP contribution is 2.40. The van der Waals surface area contributed by atoms with Crippen LogP contribution in [0, 0.1) is 5.82 Å². The fourth-order valence-electron chi connectivity index (χ4n) is 2.75. The Morgan fingerprint density at radius 2 is 1.79 bits per heavy atom. The molecule has 124 valence electrons. The van der Waals surface area contributed by atoms with E-state index in [0.29, 0.717) is 0 Å². The number of nitrogens with one attached hydrogen (secondary N) is 1. The molecule has 2 N–H and O–H groups in total. The number of carboxylic acids is 1. The number of hydrogen-bond acceptors (Lipinski definition) is 1. The van der Waals surface area contributed by atoms with E-state index in [2.05, 4.69) is 4.98 Å². The molecule has 7 heteroatoms. The van der Waals surface area contributed by atoms with Crippen molar-refractivity contribution in [1.29, 1.82) is 0 Å². The maximum atomic E-state index is 14.0. The molecule has 0 unspecified atom stereocenters. The minimum atomic E-state index is -4.62. The summed E-state index contributed by atoms with van der Waals surface area (Å²) in [5, 5.41) is 9.34. The molecule has 0 aliphatic rings. The number of para-hydroxylation sites is 1. The Bertz CT molecular complexity index is 928. The van der Waals surface area contributed by atoms with Crippen molar-refractivity contribution in [3.8, 4) is 11.3 Å². The number of carbonyl (C=O) groups is 1. The molecular formula is C17H11F4NO2. The van der Waals surface area contributed by atoms with Crippen LogP contribution in [0.1, 0.15) is 11.1 Å². The number of carboxylic acid groups (broad SMARTS) is 1. The predicted octanol–water partition coefficient (Wildman–Crippen LogP) is 4.62. The Balaban J connectivity index is 2.35. The van der Waals surface area contributed by atoms with Crippen LogP contribution < -0.4 is 0 Å². The van der Waals surface area contributed by atoms with Crippen molar-refractivity contribution in [3.63, 3.8) is 0 Å². The van der Waals surface area contributed by atoms with Crippen molar-refractivity contribution in [3.05, 3.63) is 59.4 Å². The molecule has 2 aromatic carbocycles. The quantitative estimate of drug-likeness (QED) is 0.685. The zero-order valence-electron chi connectivity index (χ0n) is 12.1. The molecule has 1 heterocycles. The lowest BCUT2D eigenvalue weighted by molar-refractivity contribution is -0.137. The number of alkyl halides is 3. The van der Waals surface area contributed by atoms with Crippen molar-refractivity contribution in [2.75, 3.05) is 0 Å². The molecule has 0 saturated heterocycles. The number of hydrogen-bond donors (Lipinski definition) is 2. The van der Waals surface area contributed by atoms with Gasteiger partial charge < -0.3 is 10.1 Å². The zero-order chi connectivity index (χ0) is 17.5. The van der Waals surface area contributed by atoms with Gasteiger partial charge in [-0.2, -0.15) is 13.2 Å². The lowest BCUT2D eigenvalue weighted by Gasteiger charge is -2.13. The van der Waals surface area contributed by atoms with Crippen LogP contribution in [0.25, 0.3) is 22.2 Å². The van der Waals surface area contributed by atoms with Gasteiger partial charge in [0.2, 0.25) is 0 Å². The lowest BCUT2D eigenvalue weighted by Crippen LogP contribution is -2.08. The highest BCUT2D eigenvalue weighted by atomic mass is 19.4. The zero-order valence-corrected chi connectivity index (χ0v) is 12.1. The molecule has 0 atom stereocenters. The van der Waals surface area contributed by atoms with Gasteiger partial charge in [-0.15, -0.1) is 0 Å². The van der Waals surface area contributed by atoms with Crippen LogP contribution in [0.3, 0.4) is 0 Å². The van der Waals surface area contributed by atoms with Gasteiger partial charge in [0.25, 0.3) is 0 Å². The number of aliphatic carboxylic acids is 1. The van der Waals surface area contributed by atoms with Crippen molar-refractivity contribution >= 4 is 16.9 Å². The summed E-state index contributed by atoms with van der Waals surface area (Å²) in [6, 6.07) is 8.81. The van der Waals surface area contributed by atoms with Gasteiger partial charge in [0.15, 0.2) is 0 Å². The molecular weight excluding hydrogens is 326 g/mol. The molecule has 0 radical (unpaired) electrons. The Labute approximate surface area is 133 Å². The van der Waals surface area contributed by atoms with E-state index in [9.17, 15) is 22.4 Å². The average molecular weight is 337 g/mol. The van der Waals surface area contributed by atoms with E-state index in [1.54, 1.807) is 0 Å². The molecule has 24 heavy (non-hydrogen) atoms. The molecule has 3 nitrogen and oxygen atoms in total. The number of benzene rings is 2. The van der Waals surface area contributed by atoms with E-state index in [1.807, 2.05) is 0 Å². The van der Waals surface area contributed by atoms with Gasteiger partial charge in [0.05, 0.1) is 23.2 Å². The van der Waals surface area contributed by atoms with Crippen LogP contribution in [-0.4, -0.2) is 16.1 Å². The predicted molar refractivity (Wildman–Crippen MR) is 80.0 cm³/mol. The van der Waals surface area contributed by atoms with Crippen molar-refractivity contribution in [2.45, 2.75) is 12.6 Å². The summed E-state index contributed by atoms with van der Waals surface area (Å²) in [5.41, 5.74) is -1.06. The van der Waals surface area contributed by atoms with Crippen LogP contribution in [0.15, 0.2) is 42.5 Å². The molecule has 0 fully saturated rings. The van der Waals surface area contributed by atoms with E-state index in [1.165, 1.54) is 30.3 Å². The molecule has 0 spiro atoms. The third-order valence-electron chi connectivity index (χ3n) is 3.72. The molecule has 3 aromatic rings. The van der Waals surface area contributed by atoms with Crippen LogP contribution in [0.5, 0.6) is 0 Å². The summed E-state index contributed by atoms with van der Waals surface area (Å²) < 4.78 is 53.7.